The van der Waals surface area contributed by atoms with Gasteiger partial charge in [-0.3, -0.25) is 0 Å². The molecule has 0 unspecified atom stereocenters. The Morgan fingerprint density at radius 1 is 1.29 bits per heavy atom. The van der Waals surface area contributed by atoms with Crippen LogP contribution in [0.15, 0.2) is 18.2 Å². The van der Waals surface area contributed by atoms with Gasteiger partial charge in [0.1, 0.15) is 0 Å². The summed E-state index contributed by atoms with van der Waals surface area (Å²) >= 11 is 12.3. The summed E-state index contributed by atoms with van der Waals surface area (Å²) in [5.41, 5.74) is 0.746. The highest BCUT2D eigenvalue weighted by atomic mass is 35.5. The normalized spacial score (nSPS) is 11.7. The van der Waals surface area contributed by atoms with Gasteiger partial charge in [-0.2, -0.15) is 0 Å². The molecule has 7 heteroatoms. The lowest BCUT2D eigenvalue weighted by Gasteiger charge is -2.20. The van der Waals surface area contributed by atoms with Crippen LogP contribution >= 0.6 is 23.2 Å². The van der Waals surface area contributed by atoms with Crippen molar-refractivity contribution in [2.24, 2.45) is 0 Å². The van der Waals surface area contributed by atoms with Gasteiger partial charge in [-0.25, -0.2) is 9.48 Å². The van der Waals surface area contributed by atoms with Gasteiger partial charge in [0, 0.05) is 21.0 Å². The van der Waals surface area contributed by atoms with Gasteiger partial charge in [0.2, 0.25) is 0 Å². The second-order valence-corrected chi connectivity index (χ2v) is 6.51. The van der Waals surface area contributed by atoms with Crippen molar-refractivity contribution in [1.29, 1.82) is 0 Å². The minimum Gasteiger partial charge on any atom is -0.476 e. The Kier molecular flexibility index (Phi) is 4.25. The number of carboxylic acid groups (broad SMARTS) is 1. The van der Waals surface area contributed by atoms with E-state index in [1.807, 2.05) is 20.8 Å². The number of aromatic carboxylic acids is 1. The van der Waals surface area contributed by atoms with Crippen LogP contribution in [0.4, 0.5) is 0 Å². The lowest BCUT2D eigenvalue weighted by molar-refractivity contribution is 0.0687. The van der Waals surface area contributed by atoms with Crippen molar-refractivity contribution >= 4 is 29.2 Å². The van der Waals surface area contributed by atoms with Gasteiger partial charge >= 0.3 is 5.97 Å². The fourth-order valence-electron chi connectivity index (χ4n) is 2.14. The van der Waals surface area contributed by atoms with Crippen LogP contribution in [0.2, 0.25) is 10.0 Å². The van der Waals surface area contributed by atoms with Crippen molar-refractivity contribution in [2.45, 2.75) is 32.7 Å². The Bertz CT molecular complexity index is 670. The van der Waals surface area contributed by atoms with Crippen molar-refractivity contribution in [3.05, 3.63) is 45.2 Å². The van der Waals surface area contributed by atoms with E-state index in [0.29, 0.717) is 21.3 Å². The van der Waals surface area contributed by atoms with Crippen molar-refractivity contribution in [2.75, 3.05) is 0 Å². The summed E-state index contributed by atoms with van der Waals surface area (Å²) in [6, 6.07) is 5.21. The van der Waals surface area contributed by atoms with Gasteiger partial charge in [0.05, 0.1) is 12.2 Å². The van der Waals surface area contributed by atoms with E-state index in [1.54, 1.807) is 18.2 Å². The quantitative estimate of drug-likeness (QED) is 0.934. The zero-order valence-corrected chi connectivity index (χ0v) is 13.4. The molecule has 2 rings (SSSR count). The molecule has 1 N–H and O–H groups in total. The van der Waals surface area contributed by atoms with E-state index in [1.165, 1.54) is 4.68 Å². The molecular weight excluding hydrogens is 313 g/mol. The average Bonchev–Trinajstić information content (AvgIpc) is 2.77. The molecular formula is C14H15Cl2N3O2. The maximum atomic E-state index is 11.3. The summed E-state index contributed by atoms with van der Waals surface area (Å²) in [7, 11) is 0. The van der Waals surface area contributed by atoms with Gasteiger partial charge in [0.15, 0.2) is 5.69 Å². The van der Waals surface area contributed by atoms with E-state index in [-0.39, 0.29) is 12.2 Å². The Morgan fingerprint density at radius 2 is 1.86 bits per heavy atom. The lowest BCUT2D eigenvalue weighted by Crippen LogP contribution is -2.22. The van der Waals surface area contributed by atoms with Crippen LogP contribution in [0, 0.1) is 0 Å². The van der Waals surface area contributed by atoms with E-state index in [0.717, 1.165) is 0 Å². The van der Waals surface area contributed by atoms with Crippen LogP contribution in [0.1, 0.15) is 42.5 Å². The zero-order valence-electron chi connectivity index (χ0n) is 11.9. The summed E-state index contributed by atoms with van der Waals surface area (Å²) in [6.07, 6.45) is 0. The summed E-state index contributed by atoms with van der Waals surface area (Å²) in [5.74, 6) is -1.10. The maximum Gasteiger partial charge on any atom is 0.358 e. The molecule has 1 aromatic carbocycles. The van der Waals surface area contributed by atoms with Gasteiger partial charge in [-0.1, -0.05) is 55.3 Å². The number of nitrogens with zero attached hydrogens (tertiary/aromatic N) is 3. The number of rotatable bonds is 3. The van der Waals surface area contributed by atoms with E-state index >= 15 is 0 Å². The Labute approximate surface area is 132 Å². The van der Waals surface area contributed by atoms with Crippen LogP contribution in [-0.2, 0) is 12.0 Å². The Morgan fingerprint density at radius 3 is 2.33 bits per heavy atom. The standard InChI is InChI=1S/C14H15Cl2N3O2/c1-14(2,3)12-11(13(20)21)17-18-19(12)7-8-9(15)5-4-6-10(8)16/h4-6H,7H2,1-3H3,(H,20,21). The molecule has 0 atom stereocenters. The highest BCUT2D eigenvalue weighted by molar-refractivity contribution is 6.35. The van der Waals surface area contributed by atoms with Gasteiger partial charge in [0.25, 0.3) is 0 Å². The minimum absolute atomic E-state index is 0.0503. The average molecular weight is 328 g/mol. The van der Waals surface area contributed by atoms with Crippen LogP contribution in [-0.4, -0.2) is 26.1 Å². The molecule has 1 aromatic heterocycles. The number of hydrogen-bond donors (Lipinski definition) is 1. The van der Waals surface area contributed by atoms with E-state index in [4.69, 9.17) is 23.2 Å². The zero-order chi connectivity index (χ0) is 15.8. The first-order valence-corrected chi connectivity index (χ1v) is 7.07. The summed E-state index contributed by atoms with van der Waals surface area (Å²) in [4.78, 5) is 11.3. The molecule has 1 heterocycles. The lowest BCUT2D eigenvalue weighted by atomic mass is 9.90. The van der Waals surface area contributed by atoms with Crippen molar-refractivity contribution in [3.63, 3.8) is 0 Å². The number of aromatic nitrogens is 3. The molecule has 0 aliphatic rings. The number of carboxylic acids is 1. The van der Waals surface area contributed by atoms with Crippen molar-refractivity contribution < 1.29 is 9.90 Å². The first-order valence-electron chi connectivity index (χ1n) is 6.32. The molecule has 2 aromatic rings. The summed E-state index contributed by atoms with van der Waals surface area (Å²) in [5, 5.41) is 18.0. The third-order valence-electron chi connectivity index (χ3n) is 3.02. The van der Waals surface area contributed by atoms with Gasteiger partial charge in [-0.15, -0.1) is 5.10 Å². The monoisotopic (exact) mass is 327 g/mol. The maximum absolute atomic E-state index is 11.3. The molecule has 0 fully saturated rings. The van der Waals surface area contributed by atoms with E-state index in [9.17, 15) is 9.90 Å². The predicted molar refractivity (Wildman–Crippen MR) is 81.2 cm³/mol. The third kappa shape index (κ3) is 3.19. The van der Waals surface area contributed by atoms with E-state index in [2.05, 4.69) is 10.3 Å². The topological polar surface area (TPSA) is 68.0 Å². The molecule has 0 amide bonds. The highest BCUT2D eigenvalue weighted by Gasteiger charge is 2.29. The molecule has 0 radical (unpaired) electrons. The molecule has 5 nitrogen and oxygen atoms in total. The van der Waals surface area contributed by atoms with E-state index < -0.39 is 11.4 Å². The second kappa shape index (κ2) is 5.66. The largest absolute Gasteiger partial charge is 0.476 e. The first-order chi connectivity index (χ1) is 9.71. The number of hydrogen-bond acceptors (Lipinski definition) is 3. The van der Waals surface area contributed by atoms with Gasteiger partial charge in [-0.05, 0) is 12.1 Å². The van der Waals surface area contributed by atoms with Crippen molar-refractivity contribution in [1.82, 2.24) is 15.0 Å². The number of halogens is 2. The minimum atomic E-state index is -1.10. The van der Waals surface area contributed by atoms with Crippen LogP contribution in [0.5, 0.6) is 0 Å². The van der Waals surface area contributed by atoms with Crippen LogP contribution < -0.4 is 0 Å². The summed E-state index contributed by atoms with van der Waals surface area (Å²) in [6.45, 7) is 5.99. The molecule has 112 valence electrons. The SMILES string of the molecule is CC(C)(C)c1c(C(=O)O)nnn1Cc1c(Cl)cccc1Cl. The fourth-order valence-corrected chi connectivity index (χ4v) is 2.66. The number of benzene rings is 1. The molecule has 0 aliphatic carbocycles. The third-order valence-corrected chi connectivity index (χ3v) is 3.73. The van der Waals surface area contributed by atoms with Crippen LogP contribution in [0.3, 0.4) is 0 Å². The first kappa shape index (κ1) is 15.8. The number of carbonyl (C=O) groups is 1. The second-order valence-electron chi connectivity index (χ2n) is 5.70. The predicted octanol–water partition coefficient (Wildman–Crippen LogP) is 3.63. The molecule has 0 aliphatic heterocycles. The summed E-state index contributed by atoms with van der Waals surface area (Å²) < 4.78 is 1.54. The molecule has 0 bridgehead atoms. The molecule has 0 saturated carbocycles. The molecule has 0 spiro atoms. The van der Waals surface area contributed by atoms with Crippen LogP contribution in [0.25, 0.3) is 0 Å². The molecule has 0 saturated heterocycles. The molecule has 21 heavy (non-hydrogen) atoms. The Hall–Kier alpha value is -1.59. The van der Waals surface area contributed by atoms with Crippen molar-refractivity contribution in [3.8, 4) is 0 Å². The van der Waals surface area contributed by atoms with Gasteiger partial charge < -0.3 is 5.11 Å². The fraction of sp³-hybridized carbons (Fsp3) is 0.357. The Balaban J connectivity index is 2.53. The smallest absolute Gasteiger partial charge is 0.358 e. The highest BCUT2D eigenvalue weighted by Crippen LogP contribution is 2.29.